The molecule has 0 saturated carbocycles. The van der Waals surface area contributed by atoms with Crippen LogP contribution in [-0.4, -0.2) is 24.1 Å². The average molecular weight is 234 g/mol. The standard InChI is InChI=1S/C11H14N4O2/c1-8-9(4-2-5-10(8)16)11(17)13-6-3-7-14-15-12/h2,4-5,16H,3,6-7H2,1H3,(H,13,17). The number of carbonyl (C=O) groups is 1. The predicted molar refractivity (Wildman–Crippen MR) is 63.8 cm³/mol. The van der Waals surface area contributed by atoms with E-state index in [1.165, 1.54) is 6.07 Å². The number of amides is 1. The zero-order valence-electron chi connectivity index (χ0n) is 9.55. The molecule has 1 aromatic rings. The number of hydrogen-bond donors (Lipinski definition) is 2. The minimum Gasteiger partial charge on any atom is -0.508 e. The lowest BCUT2D eigenvalue weighted by Gasteiger charge is -2.07. The fraction of sp³-hybridized carbons (Fsp3) is 0.364. The maximum Gasteiger partial charge on any atom is 0.251 e. The fourth-order valence-corrected chi connectivity index (χ4v) is 1.36. The Morgan fingerprint density at radius 3 is 3.06 bits per heavy atom. The molecule has 2 N–H and O–H groups in total. The maximum absolute atomic E-state index is 11.7. The molecular formula is C11H14N4O2. The molecule has 0 aromatic heterocycles. The molecular weight excluding hydrogens is 220 g/mol. The summed E-state index contributed by atoms with van der Waals surface area (Å²) in [6.07, 6.45) is 0.591. The number of carbonyl (C=O) groups excluding carboxylic acids is 1. The second-order valence-corrected chi connectivity index (χ2v) is 3.51. The van der Waals surface area contributed by atoms with E-state index in [0.29, 0.717) is 30.6 Å². The first-order chi connectivity index (χ1) is 8.16. The highest BCUT2D eigenvalue weighted by atomic mass is 16.3. The monoisotopic (exact) mass is 234 g/mol. The van der Waals surface area contributed by atoms with E-state index in [1.54, 1.807) is 19.1 Å². The van der Waals surface area contributed by atoms with Crippen molar-refractivity contribution in [1.82, 2.24) is 5.32 Å². The summed E-state index contributed by atoms with van der Waals surface area (Å²) in [4.78, 5) is 14.3. The van der Waals surface area contributed by atoms with Crippen LogP contribution in [0.2, 0.25) is 0 Å². The van der Waals surface area contributed by atoms with Crippen LogP contribution in [0.25, 0.3) is 10.4 Å². The largest absolute Gasteiger partial charge is 0.508 e. The molecule has 0 aliphatic carbocycles. The van der Waals surface area contributed by atoms with Crippen LogP contribution in [0.15, 0.2) is 23.3 Å². The summed E-state index contributed by atoms with van der Waals surface area (Å²) in [5.41, 5.74) is 9.07. The molecule has 1 amide bonds. The van der Waals surface area contributed by atoms with Gasteiger partial charge in [0.25, 0.3) is 5.91 Å². The molecule has 6 heteroatoms. The van der Waals surface area contributed by atoms with Crippen LogP contribution >= 0.6 is 0 Å². The molecule has 0 heterocycles. The first-order valence-electron chi connectivity index (χ1n) is 5.24. The van der Waals surface area contributed by atoms with Crippen molar-refractivity contribution in [2.75, 3.05) is 13.1 Å². The van der Waals surface area contributed by atoms with Gasteiger partial charge < -0.3 is 10.4 Å². The Hall–Kier alpha value is -2.20. The van der Waals surface area contributed by atoms with E-state index in [-0.39, 0.29) is 11.7 Å². The van der Waals surface area contributed by atoms with Gasteiger partial charge in [0.15, 0.2) is 0 Å². The van der Waals surface area contributed by atoms with Crippen LogP contribution in [0, 0.1) is 6.92 Å². The van der Waals surface area contributed by atoms with Crippen molar-refractivity contribution in [2.24, 2.45) is 5.11 Å². The van der Waals surface area contributed by atoms with Gasteiger partial charge in [-0.2, -0.15) is 0 Å². The van der Waals surface area contributed by atoms with Gasteiger partial charge in [-0.15, -0.1) is 0 Å². The van der Waals surface area contributed by atoms with Gasteiger partial charge in [0.05, 0.1) is 0 Å². The third-order valence-corrected chi connectivity index (χ3v) is 2.33. The summed E-state index contributed by atoms with van der Waals surface area (Å²) in [7, 11) is 0. The molecule has 0 bridgehead atoms. The average Bonchev–Trinajstić information content (AvgIpc) is 2.32. The molecule has 0 spiro atoms. The Morgan fingerprint density at radius 1 is 1.59 bits per heavy atom. The molecule has 0 aliphatic rings. The minimum atomic E-state index is -0.237. The summed E-state index contributed by atoms with van der Waals surface area (Å²) in [6, 6.07) is 4.81. The molecule has 6 nitrogen and oxygen atoms in total. The van der Waals surface area contributed by atoms with Gasteiger partial charge in [0.1, 0.15) is 5.75 Å². The highest BCUT2D eigenvalue weighted by Crippen LogP contribution is 2.19. The van der Waals surface area contributed by atoms with E-state index in [0.717, 1.165) is 0 Å². The normalized spacial score (nSPS) is 9.47. The number of azide groups is 1. The fourth-order valence-electron chi connectivity index (χ4n) is 1.36. The Kier molecular flexibility index (Phi) is 4.84. The topological polar surface area (TPSA) is 98.1 Å². The van der Waals surface area contributed by atoms with E-state index in [9.17, 15) is 9.90 Å². The summed E-state index contributed by atoms with van der Waals surface area (Å²) in [6.45, 7) is 2.48. The zero-order valence-corrected chi connectivity index (χ0v) is 9.55. The second-order valence-electron chi connectivity index (χ2n) is 3.51. The summed E-state index contributed by atoms with van der Waals surface area (Å²) >= 11 is 0. The Bertz CT molecular complexity index is 453. The van der Waals surface area contributed by atoms with Crippen LogP contribution in [0.1, 0.15) is 22.3 Å². The van der Waals surface area contributed by atoms with Crippen LogP contribution in [0.3, 0.4) is 0 Å². The highest BCUT2D eigenvalue weighted by molar-refractivity contribution is 5.96. The zero-order chi connectivity index (χ0) is 12.7. The molecule has 0 aliphatic heterocycles. The van der Waals surface area contributed by atoms with Crippen LogP contribution in [-0.2, 0) is 0 Å². The van der Waals surface area contributed by atoms with Crippen molar-refractivity contribution < 1.29 is 9.90 Å². The van der Waals surface area contributed by atoms with Crippen LogP contribution < -0.4 is 5.32 Å². The first-order valence-corrected chi connectivity index (χ1v) is 5.24. The number of hydrogen-bond acceptors (Lipinski definition) is 3. The Labute approximate surface area is 98.9 Å². The molecule has 17 heavy (non-hydrogen) atoms. The van der Waals surface area contributed by atoms with Gasteiger partial charge in [0.2, 0.25) is 0 Å². The number of phenolic OH excluding ortho intramolecular Hbond substituents is 1. The molecule has 0 atom stereocenters. The minimum absolute atomic E-state index is 0.103. The van der Waals surface area contributed by atoms with Gasteiger partial charge >= 0.3 is 0 Å². The van der Waals surface area contributed by atoms with Gasteiger partial charge in [-0.3, -0.25) is 4.79 Å². The Morgan fingerprint density at radius 2 is 2.35 bits per heavy atom. The van der Waals surface area contributed by atoms with Crippen molar-refractivity contribution in [2.45, 2.75) is 13.3 Å². The molecule has 90 valence electrons. The maximum atomic E-state index is 11.7. The number of nitrogens with zero attached hydrogens (tertiary/aromatic N) is 3. The molecule has 1 aromatic carbocycles. The number of phenols is 1. The van der Waals surface area contributed by atoms with Crippen molar-refractivity contribution in [3.8, 4) is 5.75 Å². The molecule has 0 saturated heterocycles. The van der Waals surface area contributed by atoms with Crippen molar-refractivity contribution >= 4 is 5.91 Å². The smallest absolute Gasteiger partial charge is 0.251 e. The third-order valence-electron chi connectivity index (χ3n) is 2.33. The molecule has 0 radical (unpaired) electrons. The summed E-state index contributed by atoms with van der Waals surface area (Å²) in [5.74, 6) is -0.133. The predicted octanol–water partition coefficient (Wildman–Crippen LogP) is 2.13. The van der Waals surface area contributed by atoms with Gasteiger partial charge in [-0.1, -0.05) is 11.2 Å². The number of aromatic hydroxyl groups is 1. The van der Waals surface area contributed by atoms with Gasteiger partial charge in [-0.25, -0.2) is 0 Å². The van der Waals surface area contributed by atoms with Crippen molar-refractivity contribution in [1.29, 1.82) is 0 Å². The SMILES string of the molecule is Cc1c(O)cccc1C(=O)NCCCN=[N+]=[N-]. The van der Waals surface area contributed by atoms with E-state index in [1.807, 2.05) is 0 Å². The van der Waals surface area contributed by atoms with Crippen LogP contribution in [0.4, 0.5) is 0 Å². The van der Waals surface area contributed by atoms with Gasteiger partial charge in [0, 0.05) is 29.1 Å². The van der Waals surface area contributed by atoms with E-state index in [4.69, 9.17) is 5.53 Å². The highest BCUT2D eigenvalue weighted by Gasteiger charge is 2.10. The number of rotatable bonds is 5. The molecule has 1 rings (SSSR count). The second kappa shape index (κ2) is 6.40. The lowest BCUT2D eigenvalue weighted by molar-refractivity contribution is 0.0952. The van der Waals surface area contributed by atoms with Crippen molar-refractivity contribution in [3.63, 3.8) is 0 Å². The lowest BCUT2D eigenvalue weighted by Crippen LogP contribution is -2.25. The Balaban J connectivity index is 2.52. The number of benzene rings is 1. The van der Waals surface area contributed by atoms with E-state index < -0.39 is 0 Å². The summed E-state index contributed by atoms with van der Waals surface area (Å²) in [5, 5.41) is 15.5. The summed E-state index contributed by atoms with van der Waals surface area (Å²) < 4.78 is 0. The van der Waals surface area contributed by atoms with Gasteiger partial charge in [-0.05, 0) is 31.0 Å². The van der Waals surface area contributed by atoms with E-state index in [2.05, 4.69) is 15.3 Å². The van der Waals surface area contributed by atoms with Crippen molar-refractivity contribution in [3.05, 3.63) is 39.8 Å². The molecule has 0 fully saturated rings. The molecule has 0 unspecified atom stereocenters. The first kappa shape index (κ1) is 12.9. The van der Waals surface area contributed by atoms with Crippen LogP contribution in [0.5, 0.6) is 5.75 Å². The van der Waals surface area contributed by atoms with E-state index >= 15 is 0 Å². The quantitative estimate of drug-likeness (QED) is 0.353. The number of nitrogens with one attached hydrogen (secondary N) is 1. The lowest BCUT2D eigenvalue weighted by atomic mass is 10.1. The third kappa shape index (κ3) is 3.70.